The molecule has 2 unspecified atom stereocenters. The lowest BCUT2D eigenvalue weighted by atomic mass is 9.90. The molecule has 2 atom stereocenters. The van der Waals surface area contributed by atoms with E-state index in [0.29, 0.717) is 12.8 Å². The predicted molar refractivity (Wildman–Crippen MR) is 66.5 cm³/mol. The van der Waals surface area contributed by atoms with E-state index < -0.39 is 11.7 Å². The Bertz CT molecular complexity index is 336. The van der Waals surface area contributed by atoms with Gasteiger partial charge in [0.05, 0.1) is 11.7 Å². The van der Waals surface area contributed by atoms with Gasteiger partial charge in [-0.25, -0.2) is 0 Å². The fourth-order valence-corrected chi connectivity index (χ4v) is 1.87. The summed E-state index contributed by atoms with van der Waals surface area (Å²) in [6, 6.07) is 6.22. The second-order valence-electron chi connectivity index (χ2n) is 4.93. The lowest BCUT2D eigenvalue weighted by Gasteiger charge is -2.28. The minimum absolute atomic E-state index is 0.503. The van der Waals surface area contributed by atoms with Crippen molar-refractivity contribution < 1.29 is 10.2 Å². The van der Waals surface area contributed by atoms with Crippen molar-refractivity contribution >= 4 is 0 Å². The average molecular weight is 222 g/mol. The lowest BCUT2D eigenvalue weighted by molar-refractivity contribution is -0.0629. The molecule has 1 rings (SSSR count). The average Bonchev–Trinajstić information content (AvgIpc) is 2.15. The van der Waals surface area contributed by atoms with Gasteiger partial charge in [-0.1, -0.05) is 36.2 Å². The van der Waals surface area contributed by atoms with Gasteiger partial charge in [0.15, 0.2) is 0 Å². The highest BCUT2D eigenvalue weighted by atomic mass is 16.3. The van der Waals surface area contributed by atoms with E-state index in [-0.39, 0.29) is 0 Å². The van der Waals surface area contributed by atoms with Crippen LogP contribution in [0.1, 0.15) is 37.0 Å². The molecule has 0 amide bonds. The molecule has 90 valence electrons. The lowest BCUT2D eigenvalue weighted by Crippen LogP contribution is -2.39. The van der Waals surface area contributed by atoms with Crippen LogP contribution in [0.15, 0.2) is 18.2 Å². The largest absolute Gasteiger partial charge is 0.390 e. The van der Waals surface area contributed by atoms with Gasteiger partial charge in [0.25, 0.3) is 0 Å². The quantitative estimate of drug-likeness (QED) is 0.821. The standard InChI is InChI=1S/C14H22O2/c1-5-14(4,16)13(15)9-12-7-10(2)6-11(3)8-12/h6-8,13,15-16H,5,9H2,1-4H3. The summed E-state index contributed by atoms with van der Waals surface area (Å²) in [6.07, 6.45) is 0.348. The zero-order valence-electron chi connectivity index (χ0n) is 10.6. The molecule has 0 fully saturated rings. The molecule has 2 nitrogen and oxygen atoms in total. The third kappa shape index (κ3) is 3.32. The number of aliphatic hydroxyl groups is 2. The summed E-state index contributed by atoms with van der Waals surface area (Å²) >= 11 is 0. The molecule has 16 heavy (non-hydrogen) atoms. The first kappa shape index (κ1) is 13.2. The Morgan fingerprint density at radius 3 is 2.12 bits per heavy atom. The van der Waals surface area contributed by atoms with Crippen LogP contribution >= 0.6 is 0 Å². The molecule has 2 heteroatoms. The fourth-order valence-electron chi connectivity index (χ4n) is 1.87. The number of hydrogen-bond acceptors (Lipinski definition) is 2. The minimum atomic E-state index is -1.00. The molecule has 1 aromatic carbocycles. The summed E-state index contributed by atoms with van der Waals surface area (Å²) in [4.78, 5) is 0. The molecule has 0 saturated heterocycles. The van der Waals surface area contributed by atoms with E-state index >= 15 is 0 Å². The highest BCUT2D eigenvalue weighted by molar-refractivity contribution is 5.29. The van der Waals surface area contributed by atoms with E-state index in [2.05, 4.69) is 18.2 Å². The highest BCUT2D eigenvalue weighted by Gasteiger charge is 2.28. The number of rotatable bonds is 4. The smallest absolute Gasteiger partial charge is 0.0878 e. The molecule has 0 aromatic heterocycles. The number of aliphatic hydroxyl groups excluding tert-OH is 1. The highest BCUT2D eigenvalue weighted by Crippen LogP contribution is 2.19. The van der Waals surface area contributed by atoms with Crippen molar-refractivity contribution in [3.63, 3.8) is 0 Å². The minimum Gasteiger partial charge on any atom is -0.390 e. The van der Waals surface area contributed by atoms with E-state index in [0.717, 1.165) is 5.56 Å². The maximum absolute atomic E-state index is 9.96. The Kier molecular flexibility index (Phi) is 4.11. The van der Waals surface area contributed by atoms with E-state index in [9.17, 15) is 10.2 Å². The molecule has 0 aliphatic heterocycles. The first-order chi connectivity index (χ1) is 7.35. The third-order valence-corrected chi connectivity index (χ3v) is 3.14. The van der Waals surface area contributed by atoms with Crippen LogP contribution < -0.4 is 0 Å². The van der Waals surface area contributed by atoms with Crippen molar-refractivity contribution in [1.29, 1.82) is 0 Å². The van der Waals surface area contributed by atoms with E-state index in [4.69, 9.17) is 0 Å². The van der Waals surface area contributed by atoms with Gasteiger partial charge in [0, 0.05) is 6.42 Å². The number of hydrogen-bond donors (Lipinski definition) is 2. The van der Waals surface area contributed by atoms with Crippen molar-refractivity contribution in [3.05, 3.63) is 34.9 Å². The first-order valence-corrected chi connectivity index (χ1v) is 5.82. The number of aryl methyl sites for hydroxylation is 2. The maximum atomic E-state index is 9.96. The van der Waals surface area contributed by atoms with Gasteiger partial charge >= 0.3 is 0 Å². The third-order valence-electron chi connectivity index (χ3n) is 3.14. The van der Waals surface area contributed by atoms with Gasteiger partial charge < -0.3 is 10.2 Å². The monoisotopic (exact) mass is 222 g/mol. The summed E-state index contributed by atoms with van der Waals surface area (Å²) in [6.45, 7) is 7.65. The molecular weight excluding hydrogens is 200 g/mol. The molecule has 0 radical (unpaired) electrons. The summed E-state index contributed by atoms with van der Waals surface area (Å²) in [7, 11) is 0. The molecule has 0 aliphatic rings. The Morgan fingerprint density at radius 2 is 1.69 bits per heavy atom. The van der Waals surface area contributed by atoms with E-state index in [1.54, 1.807) is 6.92 Å². The zero-order chi connectivity index (χ0) is 12.3. The van der Waals surface area contributed by atoms with Gasteiger partial charge in [-0.3, -0.25) is 0 Å². The topological polar surface area (TPSA) is 40.5 Å². The van der Waals surface area contributed by atoms with Crippen LogP contribution in [-0.2, 0) is 6.42 Å². The second-order valence-corrected chi connectivity index (χ2v) is 4.93. The van der Waals surface area contributed by atoms with Crippen LogP contribution in [0.4, 0.5) is 0 Å². The SMILES string of the molecule is CCC(C)(O)C(O)Cc1cc(C)cc(C)c1. The van der Waals surface area contributed by atoms with Crippen LogP contribution in [0.5, 0.6) is 0 Å². The van der Waals surface area contributed by atoms with Crippen molar-refractivity contribution in [2.45, 2.75) is 52.2 Å². The molecule has 0 aliphatic carbocycles. The predicted octanol–water partition coefficient (Wildman–Crippen LogP) is 2.37. The molecule has 0 spiro atoms. The van der Waals surface area contributed by atoms with Crippen LogP contribution in [0.25, 0.3) is 0 Å². The Hall–Kier alpha value is -0.860. The normalized spacial score (nSPS) is 16.9. The van der Waals surface area contributed by atoms with Crippen molar-refractivity contribution in [2.24, 2.45) is 0 Å². The van der Waals surface area contributed by atoms with Crippen molar-refractivity contribution in [3.8, 4) is 0 Å². The fraction of sp³-hybridized carbons (Fsp3) is 0.571. The van der Waals surface area contributed by atoms with E-state index in [1.165, 1.54) is 11.1 Å². The van der Waals surface area contributed by atoms with Crippen molar-refractivity contribution in [2.75, 3.05) is 0 Å². The van der Waals surface area contributed by atoms with E-state index in [1.807, 2.05) is 20.8 Å². The van der Waals surface area contributed by atoms with Crippen molar-refractivity contribution in [1.82, 2.24) is 0 Å². The Labute approximate surface area is 97.9 Å². The van der Waals surface area contributed by atoms with Gasteiger partial charge in [0.2, 0.25) is 0 Å². The van der Waals surface area contributed by atoms with Crippen LogP contribution in [0.3, 0.4) is 0 Å². The Balaban J connectivity index is 2.80. The van der Waals surface area contributed by atoms with Crippen LogP contribution in [-0.4, -0.2) is 21.9 Å². The molecule has 0 bridgehead atoms. The van der Waals surface area contributed by atoms with Gasteiger partial charge in [-0.2, -0.15) is 0 Å². The number of benzene rings is 1. The maximum Gasteiger partial charge on any atom is 0.0878 e. The zero-order valence-corrected chi connectivity index (χ0v) is 10.6. The van der Waals surface area contributed by atoms with Gasteiger partial charge in [-0.15, -0.1) is 0 Å². The molecular formula is C14H22O2. The summed E-state index contributed by atoms with van der Waals surface area (Å²) in [5, 5.41) is 19.9. The molecule has 0 heterocycles. The molecule has 2 N–H and O–H groups in total. The van der Waals surface area contributed by atoms with Crippen LogP contribution in [0, 0.1) is 13.8 Å². The molecule has 1 aromatic rings. The summed E-state index contributed by atoms with van der Waals surface area (Å²) < 4.78 is 0. The Morgan fingerprint density at radius 1 is 1.19 bits per heavy atom. The summed E-state index contributed by atoms with van der Waals surface area (Å²) in [5.74, 6) is 0. The molecule has 0 saturated carbocycles. The van der Waals surface area contributed by atoms with Crippen LogP contribution in [0.2, 0.25) is 0 Å². The van der Waals surface area contributed by atoms with Gasteiger partial charge in [0.1, 0.15) is 0 Å². The van der Waals surface area contributed by atoms with Gasteiger partial charge in [-0.05, 0) is 32.8 Å². The first-order valence-electron chi connectivity index (χ1n) is 5.82. The second kappa shape index (κ2) is 4.98. The summed E-state index contributed by atoms with van der Waals surface area (Å²) in [5.41, 5.74) is 2.47.